The van der Waals surface area contributed by atoms with Crippen LogP contribution in [0.4, 0.5) is 5.69 Å². The van der Waals surface area contributed by atoms with Gasteiger partial charge in [-0.3, -0.25) is 4.79 Å². The monoisotopic (exact) mass is 428 g/mol. The first-order valence-corrected chi connectivity index (χ1v) is 11.0. The molecule has 1 atom stereocenters. The number of carbonyl (C=O) groups excluding carboxylic acids is 1. The number of nitrogens with zero attached hydrogens (tertiary/aromatic N) is 1. The Morgan fingerprint density at radius 2 is 1.18 bits per heavy atom. The Labute approximate surface area is 194 Å². The van der Waals surface area contributed by atoms with Crippen LogP contribution in [0, 0.1) is 0 Å². The second-order valence-corrected chi connectivity index (χ2v) is 7.91. The fourth-order valence-electron chi connectivity index (χ4n) is 4.06. The van der Waals surface area contributed by atoms with Crippen LogP contribution >= 0.6 is 0 Å². The minimum absolute atomic E-state index is 0.00257. The van der Waals surface area contributed by atoms with E-state index < -0.39 is 0 Å². The third-order valence-corrected chi connectivity index (χ3v) is 5.70. The fraction of sp³-hybridized carbons (Fsp3) is 0.0333. The maximum absolute atomic E-state index is 13.5. The molecular weight excluding hydrogens is 404 g/mol. The molecule has 0 saturated carbocycles. The predicted octanol–water partition coefficient (Wildman–Crippen LogP) is 6.91. The maximum atomic E-state index is 13.5. The minimum atomic E-state index is -0.110. The summed E-state index contributed by atoms with van der Waals surface area (Å²) >= 11 is 0. The molecule has 3 nitrogen and oxygen atoms in total. The van der Waals surface area contributed by atoms with Gasteiger partial charge in [-0.1, -0.05) is 97.1 Å². The van der Waals surface area contributed by atoms with Crippen LogP contribution in [0.5, 0.6) is 0 Å². The molecule has 0 spiro atoms. The van der Waals surface area contributed by atoms with Crippen LogP contribution in [-0.4, -0.2) is 10.4 Å². The van der Waals surface area contributed by atoms with Crippen molar-refractivity contribution in [3.8, 4) is 5.69 Å². The van der Waals surface area contributed by atoms with Crippen LogP contribution in [0.3, 0.4) is 0 Å². The Balaban J connectivity index is 1.64. The minimum Gasteiger partial charge on any atom is -0.374 e. The molecule has 33 heavy (non-hydrogen) atoms. The third-order valence-electron chi connectivity index (χ3n) is 5.70. The Bertz CT molecular complexity index is 1330. The standard InChI is InChI=1S/C30H24N2O/c33-30(24-15-7-2-8-16-24)28-21-25(22-32(28)27-19-11-4-12-20-27)29(23-13-5-1-6-14-23)31-26-17-9-3-10-18-26/h1-22,29,31H/t29-/m0/s1. The topological polar surface area (TPSA) is 34.0 Å². The molecule has 0 aliphatic rings. The van der Waals surface area contributed by atoms with Gasteiger partial charge in [0.15, 0.2) is 0 Å². The highest BCUT2D eigenvalue weighted by molar-refractivity contribution is 6.08. The Kier molecular flexibility index (Phi) is 5.85. The summed E-state index contributed by atoms with van der Waals surface area (Å²) in [5.41, 5.74) is 5.44. The molecular formula is C30H24N2O. The number of hydrogen-bond donors (Lipinski definition) is 1. The first-order chi connectivity index (χ1) is 16.3. The highest BCUT2D eigenvalue weighted by Gasteiger charge is 2.22. The number of nitrogens with one attached hydrogen (secondary N) is 1. The number of carbonyl (C=O) groups is 1. The van der Waals surface area contributed by atoms with Crippen molar-refractivity contribution in [2.45, 2.75) is 6.04 Å². The van der Waals surface area contributed by atoms with Crippen LogP contribution in [0.2, 0.25) is 0 Å². The van der Waals surface area contributed by atoms with Crippen molar-refractivity contribution < 1.29 is 4.79 Å². The van der Waals surface area contributed by atoms with Crippen LogP contribution in [0.15, 0.2) is 134 Å². The normalized spacial score (nSPS) is 11.6. The zero-order valence-electron chi connectivity index (χ0n) is 18.1. The van der Waals surface area contributed by atoms with Crippen molar-refractivity contribution in [2.75, 3.05) is 5.32 Å². The molecule has 160 valence electrons. The van der Waals surface area contributed by atoms with Crippen molar-refractivity contribution in [1.29, 1.82) is 0 Å². The van der Waals surface area contributed by atoms with Gasteiger partial charge >= 0.3 is 0 Å². The number of para-hydroxylation sites is 2. The molecule has 0 unspecified atom stereocenters. The van der Waals surface area contributed by atoms with Gasteiger partial charge in [0.25, 0.3) is 0 Å². The summed E-state index contributed by atoms with van der Waals surface area (Å²) in [6.07, 6.45) is 2.07. The van der Waals surface area contributed by atoms with E-state index in [2.05, 4.69) is 35.8 Å². The SMILES string of the molecule is O=C(c1ccccc1)c1cc([C@@H](Nc2ccccc2)c2ccccc2)cn1-c1ccccc1. The van der Waals surface area contributed by atoms with Gasteiger partial charge in [-0.05, 0) is 41.5 Å². The largest absolute Gasteiger partial charge is 0.374 e. The lowest BCUT2D eigenvalue weighted by atomic mass is 9.99. The van der Waals surface area contributed by atoms with Gasteiger partial charge in [0.2, 0.25) is 5.78 Å². The van der Waals surface area contributed by atoms with E-state index in [0.29, 0.717) is 11.3 Å². The first kappa shape index (κ1) is 20.5. The zero-order valence-corrected chi connectivity index (χ0v) is 18.1. The van der Waals surface area contributed by atoms with Gasteiger partial charge < -0.3 is 9.88 Å². The number of benzene rings is 4. The summed E-state index contributed by atoms with van der Waals surface area (Å²) in [6, 6.07) is 41.8. The molecule has 5 aromatic rings. The maximum Gasteiger partial charge on any atom is 0.209 e. The molecule has 4 aromatic carbocycles. The second kappa shape index (κ2) is 9.41. The van der Waals surface area contributed by atoms with Crippen LogP contribution in [0.25, 0.3) is 5.69 Å². The van der Waals surface area contributed by atoms with E-state index >= 15 is 0 Å². The Morgan fingerprint density at radius 1 is 0.636 bits per heavy atom. The third kappa shape index (κ3) is 4.48. The van der Waals surface area contributed by atoms with E-state index in [0.717, 1.165) is 22.5 Å². The lowest BCUT2D eigenvalue weighted by Gasteiger charge is -2.20. The molecule has 1 aromatic heterocycles. The summed E-state index contributed by atoms with van der Waals surface area (Å²) < 4.78 is 1.99. The molecule has 0 radical (unpaired) electrons. The number of aromatic nitrogens is 1. The van der Waals surface area contributed by atoms with Gasteiger partial charge in [0.05, 0.1) is 11.7 Å². The van der Waals surface area contributed by atoms with E-state index in [1.165, 1.54) is 0 Å². The molecule has 0 saturated heterocycles. The molecule has 0 bridgehead atoms. The van der Waals surface area contributed by atoms with Crippen molar-refractivity contribution >= 4 is 11.5 Å². The summed E-state index contributed by atoms with van der Waals surface area (Å²) in [6.45, 7) is 0. The molecule has 3 heteroatoms. The summed E-state index contributed by atoms with van der Waals surface area (Å²) in [7, 11) is 0. The van der Waals surface area contributed by atoms with Crippen molar-refractivity contribution in [3.63, 3.8) is 0 Å². The van der Waals surface area contributed by atoms with E-state index in [9.17, 15) is 4.79 Å². The number of anilines is 1. The molecule has 0 aliphatic heterocycles. The molecule has 0 aliphatic carbocycles. The first-order valence-electron chi connectivity index (χ1n) is 11.0. The lowest BCUT2D eigenvalue weighted by molar-refractivity contribution is 0.103. The van der Waals surface area contributed by atoms with E-state index in [4.69, 9.17) is 0 Å². The van der Waals surface area contributed by atoms with Gasteiger partial charge in [0.1, 0.15) is 0 Å². The number of ketones is 1. The number of rotatable bonds is 7. The summed E-state index contributed by atoms with van der Waals surface area (Å²) in [5, 5.41) is 3.66. The zero-order chi connectivity index (χ0) is 22.5. The highest BCUT2D eigenvalue weighted by Crippen LogP contribution is 2.30. The van der Waals surface area contributed by atoms with E-state index in [-0.39, 0.29) is 11.8 Å². The summed E-state index contributed by atoms with van der Waals surface area (Å²) in [5.74, 6) is -0.00257. The van der Waals surface area contributed by atoms with E-state index in [1.54, 1.807) is 0 Å². The molecule has 0 fully saturated rings. The average molecular weight is 429 g/mol. The molecule has 1 heterocycles. The van der Waals surface area contributed by atoms with Gasteiger partial charge in [-0.2, -0.15) is 0 Å². The molecule has 0 amide bonds. The smallest absolute Gasteiger partial charge is 0.209 e. The summed E-state index contributed by atoms with van der Waals surface area (Å²) in [4.78, 5) is 13.5. The van der Waals surface area contributed by atoms with E-state index in [1.807, 2.05) is 108 Å². The number of hydrogen-bond acceptors (Lipinski definition) is 2. The van der Waals surface area contributed by atoms with Crippen LogP contribution in [-0.2, 0) is 0 Å². The van der Waals surface area contributed by atoms with Crippen molar-refractivity contribution in [2.24, 2.45) is 0 Å². The second-order valence-electron chi connectivity index (χ2n) is 7.91. The van der Waals surface area contributed by atoms with Crippen molar-refractivity contribution in [3.05, 3.63) is 156 Å². The van der Waals surface area contributed by atoms with Gasteiger partial charge in [-0.15, -0.1) is 0 Å². The Hall–Kier alpha value is -4.37. The molecule has 1 N–H and O–H groups in total. The van der Waals surface area contributed by atoms with Crippen LogP contribution in [0.1, 0.15) is 33.2 Å². The molecule has 5 rings (SSSR count). The lowest BCUT2D eigenvalue weighted by Crippen LogP contribution is -2.11. The predicted molar refractivity (Wildman–Crippen MR) is 134 cm³/mol. The Morgan fingerprint density at radius 3 is 1.82 bits per heavy atom. The fourth-order valence-corrected chi connectivity index (χ4v) is 4.06. The van der Waals surface area contributed by atoms with Gasteiger partial charge in [-0.25, -0.2) is 0 Å². The average Bonchev–Trinajstić information content (AvgIpc) is 3.34. The van der Waals surface area contributed by atoms with Crippen molar-refractivity contribution in [1.82, 2.24) is 4.57 Å². The van der Waals surface area contributed by atoms with Gasteiger partial charge in [0, 0.05) is 23.1 Å². The highest BCUT2D eigenvalue weighted by atomic mass is 16.1. The quantitative estimate of drug-likeness (QED) is 0.286. The van der Waals surface area contributed by atoms with Crippen LogP contribution < -0.4 is 5.32 Å².